The summed E-state index contributed by atoms with van der Waals surface area (Å²) in [6.45, 7) is 5.74. The molecular weight excluding hydrogens is 362 g/mol. The van der Waals surface area contributed by atoms with Crippen LogP contribution >= 0.6 is 31.9 Å². The van der Waals surface area contributed by atoms with E-state index in [0.29, 0.717) is 5.75 Å². The third-order valence-corrected chi connectivity index (χ3v) is 3.68. The molecule has 0 fully saturated rings. The molecule has 0 saturated heterocycles. The van der Waals surface area contributed by atoms with E-state index in [9.17, 15) is 4.79 Å². The van der Waals surface area contributed by atoms with Gasteiger partial charge in [-0.2, -0.15) is 0 Å². The van der Waals surface area contributed by atoms with E-state index in [4.69, 9.17) is 4.74 Å². The predicted molar refractivity (Wildman–Crippen MR) is 79.8 cm³/mol. The number of carbonyl (C=O) groups is 1. The van der Waals surface area contributed by atoms with Crippen molar-refractivity contribution in [3.05, 3.63) is 27.1 Å². The molecule has 0 aliphatic carbocycles. The summed E-state index contributed by atoms with van der Waals surface area (Å²) in [6, 6.07) is 5.74. The van der Waals surface area contributed by atoms with Crippen molar-refractivity contribution in [3.8, 4) is 5.75 Å². The molecule has 0 aromatic heterocycles. The molecular formula is C13H17Br2NO2. The zero-order valence-corrected chi connectivity index (χ0v) is 13.8. The average molecular weight is 379 g/mol. The standard InChI is InChI=1S/C13H17Br2NO2/c1-4-8(2)16-13(17)9(3)18-12-6-5-10(14)7-11(12)15/h5-9H,4H2,1-3H3,(H,16,17)/t8-,9-/m1/s1. The van der Waals surface area contributed by atoms with Crippen LogP contribution in [0.5, 0.6) is 5.75 Å². The zero-order chi connectivity index (χ0) is 13.7. The van der Waals surface area contributed by atoms with Crippen LogP contribution in [0.25, 0.3) is 0 Å². The van der Waals surface area contributed by atoms with E-state index in [1.54, 1.807) is 6.92 Å². The molecule has 1 N–H and O–H groups in total. The van der Waals surface area contributed by atoms with E-state index >= 15 is 0 Å². The SMILES string of the molecule is CC[C@@H](C)NC(=O)[C@@H](C)Oc1ccc(Br)cc1Br. The zero-order valence-electron chi connectivity index (χ0n) is 10.7. The van der Waals surface area contributed by atoms with Crippen LogP contribution in [-0.4, -0.2) is 18.1 Å². The summed E-state index contributed by atoms with van der Waals surface area (Å²) in [5.74, 6) is 0.559. The maximum atomic E-state index is 11.8. The van der Waals surface area contributed by atoms with Crippen LogP contribution in [0.2, 0.25) is 0 Å². The van der Waals surface area contributed by atoms with Gasteiger partial charge in [0.1, 0.15) is 5.75 Å². The Hall–Kier alpha value is -0.550. The van der Waals surface area contributed by atoms with Crippen LogP contribution in [0.1, 0.15) is 27.2 Å². The van der Waals surface area contributed by atoms with E-state index < -0.39 is 6.10 Å². The number of ether oxygens (including phenoxy) is 1. The van der Waals surface area contributed by atoms with Gasteiger partial charge in [0.15, 0.2) is 6.10 Å². The largest absolute Gasteiger partial charge is 0.480 e. The second kappa shape index (κ2) is 7.14. The lowest BCUT2D eigenvalue weighted by Crippen LogP contribution is -2.41. The van der Waals surface area contributed by atoms with Crippen molar-refractivity contribution < 1.29 is 9.53 Å². The summed E-state index contributed by atoms with van der Waals surface area (Å²) in [4.78, 5) is 11.8. The minimum atomic E-state index is -0.517. The Kier molecular flexibility index (Phi) is 6.15. The molecule has 18 heavy (non-hydrogen) atoms. The molecule has 0 bridgehead atoms. The minimum absolute atomic E-state index is 0.0980. The monoisotopic (exact) mass is 377 g/mol. The molecule has 0 heterocycles. The molecule has 0 saturated carbocycles. The molecule has 1 aromatic rings. The number of carbonyl (C=O) groups excluding carboxylic acids is 1. The highest BCUT2D eigenvalue weighted by atomic mass is 79.9. The van der Waals surface area contributed by atoms with Crippen molar-refractivity contribution >= 4 is 37.8 Å². The van der Waals surface area contributed by atoms with Gasteiger partial charge in [0, 0.05) is 10.5 Å². The van der Waals surface area contributed by atoms with Crippen molar-refractivity contribution in [3.63, 3.8) is 0 Å². The number of nitrogens with one attached hydrogen (secondary N) is 1. The average Bonchev–Trinajstić information content (AvgIpc) is 2.32. The van der Waals surface area contributed by atoms with Gasteiger partial charge in [0.25, 0.3) is 5.91 Å². The summed E-state index contributed by atoms with van der Waals surface area (Å²) in [7, 11) is 0. The molecule has 3 nitrogen and oxygen atoms in total. The van der Waals surface area contributed by atoms with Crippen LogP contribution in [0.3, 0.4) is 0 Å². The van der Waals surface area contributed by atoms with Gasteiger partial charge in [-0.15, -0.1) is 0 Å². The molecule has 0 aliphatic heterocycles. The molecule has 0 unspecified atom stereocenters. The first-order chi connectivity index (χ1) is 8.43. The molecule has 100 valence electrons. The number of amides is 1. The van der Waals surface area contributed by atoms with Crippen molar-refractivity contribution in [2.45, 2.75) is 39.3 Å². The fraction of sp³-hybridized carbons (Fsp3) is 0.462. The molecule has 1 aromatic carbocycles. The van der Waals surface area contributed by atoms with Crippen LogP contribution in [0, 0.1) is 0 Å². The summed E-state index contributed by atoms with van der Waals surface area (Å²) in [6.07, 6.45) is 0.386. The topological polar surface area (TPSA) is 38.3 Å². The Bertz CT molecular complexity index is 423. The first-order valence-electron chi connectivity index (χ1n) is 5.86. The third kappa shape index (κ3) is 4.61. The second-order valence-corrected chi connectivity index (χ2v) is 5.92. The Morgan fingerprint density at radius 3 is 2.61 bits per heavy atom. The van der Waals surface area contributed by atoms with Crippen LogP contribution < -0.4 is 10.1 Å². The summed E-state index contributed by atoms with van der Waals surface area (Å²) in [5, 5.41) is 2.89. The fourth-order valence-electron chi connectivity index (χ4n) is 1.28. The summed E-state index contributed by atoms with van der Waals surface area (Å²) < 4.78 is 7.40. The van der Waals surface area contributed by atoms with Crippen molar-refractivity contribution in [1.29, 1.82) is 0 Å². The van der Waals surface area contributed by atoms with Gasteiger partial charge in [-0.3, -0.25) is 4.79 Å². The van der Waals surface area contributed by atoms with Crippen molar-refractivity contribution in [2.75, 3.05) is 0 Å². The van der Waals surface area contributed by atoms with Gasteiger partial charge < -0.3 is 10.1 Å². The Labute approximate surface area is 125 Å². The molecule has 2 atom stereocenters. The Morgan fingerprint density at radius 2 is 2.06 bits per heavy atom. The Balaban J connectivity index is 2.63. The lowest BCUT2D eigenvalue weighted by atomic mass is 10.2. The molecule has 1 rings (SSSR count). The number of hydrogen-bond acceptors (Lipinski definition) is 2. The smallest absolute Gasteiger partial charge is 0.260 e. The maximum absolute atomic E-state index is 11.8. The van der Waals surface area contributed by atoms with Crippen molar-refractivity contribution in [2.24, 2.45) is 0 Å². The predicted octanol–water partition coefficient (Wildman–Crippen LogP) is 3.89. The highest BCUT2D eigenvalue weighted by Gasteiger charge is 2.17. The number of rotatable bonds is 5. The quantitative estimate of drug-likeness (QED) is 0.843. The van der Waals surface area contributed by atoms with Gasteiger partial charge in [0.05, 0.1) is 4.47 Å². The van der Waals surface area contributed by atoms with Crippen molar-refractivity contribution in [1.82, 2.24) is 5.32 Å². The van der Waals surface area contributed by atoms with Crippen LogP contribution in [0.4, 0.5) is 0 Å². The van der Waals surface area contributed by atoms with E-state index in [2.05, 4.69) is 37.2 Å². The first-order valence-corrected chi connectivity index (χ1v) is 7.44. The van der Waals surface area contributed by atoms with E-state index in [1.165, 1.54) is 0 Å². The molecule has 0 radical (unpaired) electrons. The molecule has 1 amide bonds. The van der Waals surface area contributed by atoms with E-state index in [1.807, 2.05) is 32.0 Å². The number of benzene rings is 1. The van der Waals surface area contributed by atoms with Gasteiger partial charge in [-0.1, -0.05) is 22.9 Å². The lowest BCUT2D eigenvalue weighted by Gasteiger charge is -2.18. The van der Waals surface area contributed by atoms with Gasteiger partial charge in [-0.05, 0) is 54.4 Å². The highest BCUT2D eigenvalue weighted by molar-refractivity contribution is 9.11. The van der Waals surface area contributed by atoms with Gasteiger partial charge in [-0.25, -0.2) is 0 Å². The summed E-state index contributed by atoms with van der Waals surface area (Å²) in [5.41, 5.74) is 0. The molecule has 0 spiro atoms. The lowest BCUT2D eigenvalue weighted by molar-refractivity contribution is -0.127. The third-order valence-electron chi connectivity index (χ3n) is 2.57. The van der Waals surface area contributed by atoms with Gasteiger partial charge >= 0.3 is 0 Å². The minimum Gasteiger partial charge on any atom is -0.480 e. The van der Waals surface area contributed by atoms with Crippen LogP contribution in [-0.2, 0) is 4.79 Å². The van der Waals surface area contributed by atoms with E-state index in [-0.39, 0.29) is 11.9 Å². The highest BCUT2D eigenvalue weighted by Crippen LogP contribution is 2.28. The van der Waals surface area contributed by atoms with Crippen LogP contribution in [0.15, 0.2) is 27.1 Å². The maximum Gasteiger partial charge on any atom is 0.260 e. The summed E-state index contributed by atoms with van der Waals surface area (Å²) >= 11 is 6.77. The number of halogens is 2. The molecule has 5 heteroatoms. The first kappa shape index (κ1) is 15.5. The Morgan fingerprint density at radius 1 is 1.39 bits per heavy atom. The normalized spacial score (nSPS) is 13.8. The molecule has 0 aliphatic rings. The van der Waals surface area contributed by atoms with Gasteiger partial charge in [0.2, 0.25) is 0 Å². The fourth-order valence-corrected chi connectivity index (χ4v) is 2.42. The second-order valence-electron chi connectivity index (χ2n) is 4.15. The number of hydrogen-bond donors (Lipinski definition) is 1. The van der Waals surface area contributed by atoms with E-state index in [0.717, 1.165) is 15.4 Å².